The normalized spacial score (nSPS) is 11.1. The van der Waals surface area contributed by atoms with Gasteiger partial charge in [-0.3, -0.25) is 4.79 Å². The lowest BCUT2D eigenvalue weighted by Gasteiger charge is -2.12. The summed E-state index contributed by atoms with van der Waals surface area (Å²) in [7, 11) is 0. The molecule has 9 heteroatoms. The molecule has 1 aromatic heterocycles. The Balaban J connectivity index is 1.92. The molecule has 0 bridgehead atoms. The zero-order valence-electron chi connectivity index (χ0n) is 18.1. The highest BCUT2D eigenvalue weighted by Gasteiger charge is 2.11. The van der Waals surface area contributed by atoms with E-state index in [9.17, 15) is 9.59 Å². The third-order valence-electron chi connectivity index (χ3n) is 4.43. The van der Waals surface area contributed by atoms with Crippen molar-refractivity contribution < 1.29 is 19.0 Å². The molecular formula is C23H24BrN3O5. The summed E-state index contributed by atoms with van der Waals surface area (Å²) in [5, 5.41) is 4.87. The monoisotopic (exact) mass is 501 g/mol. The number of ether oxygens (including phenoxy) is 3. The molecule has 0 N–H and O–H groups in total. The number of halogens is 1. The number of rotatable bonds is 9. The molecule has 0 aliphatic heterocycles. The van der Waals surface area contributed by atoms with Gasteiger partial charge in [0.2, 0.25) is 0 Å². The number of esters is 1. The summed E-state index contributed by atoms with van der Waals surface area (Å²) >= 11 is 3.39. The second-order valence-electron chi connectivity index (χ2n) is 6.64. The van der Waals surface area contributed by atoms with Crippen molar-refractivity contribution in [2.45, 2.75) is 27.2 Å². The molecule has 0 aliphatic rings. The smallest absolute Gasteiger partial charge is 0.344 e. The lowest BCUT2D eigenvalue weighted by Crippen LogP contribution is -2.22. The Kier molecular flexibility index (Phi) is 7.99. The second kappa shape index (κ2) is 10.9. The Hall–Kier alpha value is -3.20. The molecule has 0 atom stereocenters. The highest BCUT2D eigenvalue weighted by molar-refractivity contribution is 9.10. The molecule has 0 spiro atoms. The van der Waals surface area contributed by atoms with Crippen LogP contribution >= 0.6 is 15.9 Å². The van der Waals surface area contributed by atoms with E-state index in [0.717, 1.165) is 4.47 Å². The van der Waals surface area contributed by atoms with Crippen molar-refractivity contribution in [3.63, 3.8) is 0 Å². The summed E-state index contributed by atoms with van der Waals surface area (Å²) in [5.74, 6) is 0.980. The maximum absolute atomic E-state index is 13.0. The van der Waals surface area contributed by atoms with Crippen LogP contribution in [0, 0.1) is 0 Å². The van der Waals surface area contributed by atoms with Crippen LogP contribution in [0.4, 0.5) is 0 Å². The Morgan fingerprint density at radius 1 is 1.09 bits per heavy atom. The molecule has 0 amide bonds. The number of benzene rings is 2. The van der Waals surface area contributed by atoms with E-state index in [4.69, 9.17) is 14.2 Å². The summed E-state index contributed by atoms with van der Waals surface area (Å²) in [6, 6.07) is 10.6. The number of carbonyl (C=O) groups is 1. The van der Waals surface area contributed by atoms with Crippen molar-refractivity contribution in [1.29, 1.82) is 0 Å². The lowest BCUT2D eigenvalue weighted by atomic mass is 10.2. The van der Waals surface area contributed by atoms with Gasteiger partial charge in [-0.05, 0) is 55.8 Å². The number of nitrogens with zero attached hydrogens (tertiary/aromatic N) is 3. The highest BCUT2D eigenvalue weighted by atomic mass is 79.9. The van der Waals surface area contributed by atoms with E-state index in [2.05, 4.69) is 26.0 Å². The molecule has 0 saturated heterocycles. The minimum absolute atomic E-state index is 0.213. The zero-order chi connectivity index (χ0) is 23.1. The van der Waals surface area contributed by atoms with Crippen LogP contribution in [0.5, 0.6) is 11.5 Å². The van der Waals surface area contributed by atoms with Gasteiger partial charge in [-0.2, -0.15) is 9.78 Å². The van der Waals surface area contributed by atoms with Crippen LogP contribution in [0.15, 0.2) is 50.8 Å². The van der Waals surface area contributed by atoms with Gasteiger partial charge in [-0.25, -0.2) is 9.78 Å². The summed E-state index contributed by atoms with van der Waals surface area (Å²) in [6.45, 7) is 5.99. The SMILES string of the molecule is CCOC(=O)COc1ccc(C=Nn2c(CC)nc3ccc(Br)cc3c2=O)cc1OCC. The van der Waals surface area contributed by atoms with E-state index in [1.165, 1.54) is 4.68 Å². The first-order valence-electron chi connectivity index (χ1n) is 10.3. The first-order chi connectivity index (χ1) is 15.5. The quantitative estimate of drug-likeness (QED) is 0.325. The lowest BCUT2D eigenvalue weighted by molar-refractivity contribution is -0.145. The van der Waals surface area contributed by atoms with E-state index in [1.54, 1.807) is 43.5 Å². The van der Waals surface area contributed by atoms with E-state index < -0.39 is 5.97 Å². The molecule has 0 aliphatic carbocycles. The van der Waals surface area contributed by atoms with Gasteiger partial charge in [-0.1, -0.05) is 22.9 Å². The number of hydrogen-bond donors (Lipinski definition) is 0. The Bertz CT molecular complexity index is 1210. The Morgan fingerprint density at radius 2 is 1.91 bits per heavy atom. The molecule has 0 saturated carbocycles. The fourth-order valence-corrected chi connectivity index (χ4v) is 3.36. The topological polar surface area (TPSA) is 92.0 Å². The van der Waals surface area contributed by atoms with Gasteiger partial charge >= 0.3 is 5.97 Å². The Labute approximate surface area is 194 Å². The van der Waals surface area contributed by atoms with E-state index in [-0.39, 0.29) is 18.8 Å². The maximum atomic E-state index is 13.0. The van der Waals surface area contributed by atoms with Crippen molar-refractivity contribution in [2.75, 3.05) is 19.8 Å². The molecule has 8 nitrogen and oxygen atoms in total. The highest BCUT2D eigenvalue weighted by Crippen LogP contribution is 2.28. The molecule has 0 unspecified atom stereocenters. The minimum atomic E-state index is -0.456. The predicted octanol–water partition coefficient (Wildman–Crippen LogP) is 3.94. The third-order valence-corrected chi connectivity index (χ3v) is 4.93. The number of hydrogen-bond acceptors (Lipinski definition) is 7. The van der Waals surface area contributed by atoms with Gasteiger partial charge in [0, 0.05) is 10.9 Å². The van der Waals surface area contributed by atoms with Crippen LogP contribution in [0.1, 0.15) is 32.2 Å². The van der Waals surface area contributed by atoms with Crippen molar-refractivity contribution in [3.05, 3.63) is 62.6 Å². The molecule has 168 valence electrons. The van der Waals surface area contributed by atoms with Crippen molar-refractivity contribution in [2.24, 2.45) is 5.10 Å². The van der Waals surface area contributed by atoms with Crippen molar-refractivity contribution in [3.8, 4) is 11.5 Å². The maximum Gasteiger partial charge on any atom is 0.344 e. The van der Waals surface area contributed by atoms with E-state index in [0.29, 0.717) is 46.8 Å². The molecular weight excluding hydrogens is 478 g/mol. The van der Waals surface area contributed by atoms with Gasteiger partial charge in [0.15, 0.2) is 18.1 Å². The van der Waals surface area contributed by atoms with Gasteiger partial charge in [0.05, 0.1) is 30.3 Å². The largest absolute Gasteiger partial charge is 0.490 e. The summed E-state index contributed by atoms with van der Waals surface area (Å²) in [4.78, 5) is 29.1. The molecule has 3 rings (SSSR count). The average molecular weight is 502 g/mol. The molecule has 2 aromatic carbocycles. The Morgan fingerprint density at radius 3 is 2.62 bits per heavy atom. The first kappa shape index (κ1) is 23.5. The van der Waals surface area contributed by atoms with Gasteiger partial charge in [-0.15, -0.1) is 0 Å². The number of carbonyl (C=O) groups excluding carboxylic acids is 1. The molecule has 3 aromatic rings. The summed E-state index contributed by atoms with van der Waals surface area (Å²) in [6.07, 6.45) is 2.10. The van der Waals surface area contributed by atoms with Crippen LogP contribution in [-0.2, 0) is 16.0 Å². The predicted molar refractivity (Wildman–Crippen MR) is 126 cm³/mol. The molecule has 0 fully saturated rings. The zero-order valence-corrected chi connectivity index (χ0v) is 19.7. The van der Waals surface area contributed by atoms with E-state index >= 15 is 0 Å². The van der Waals surface area contributed by atoms with Gasteiger partial charge in [0.25, 0.3) is 5.56 Å². The average Bonchev–Trinajstić information content (AvgIpc) is 2.78. The van der Waals surface area contributed by atoms with Crippen LogP contribution in [0.2, 0.25) is 0 Å². The van der Waals surface area contributed by atoms with E-state index in [1.807, 2.05) is 19.9 Å². The standard InChI is InChI=1S/C23H24BrN3O5/c1-4-21-26-18-9-8-16(24)12-17(18)23(29)27(21)25-13-15-7-10-19(20(11-15)30-5-2)32-14-22(28)31-6-3/h7-13H,4-6,14H2,1-3H3. The van der Waals surface area contributed by atoms with Crippen LogP contribution in [-0.4, -0.2) is 41.7 Å². The summed E-state index contributed by atoms with van der Waals surface area (Å²) in [5.41, 5.74) is 1.08. The number of aromatic nitrogens is 2. The van der Waals surface area contributed by atoms with Crippen LogP contribution in [0.3, 0.4) is 0 Å². The van der Waals surface area contributed by atoms with Crippen molar-refractivity contribution >= 4 is 39.0 Å². The molecule has 1 heterocycles. The van der Waals surface area contributed by atoms with Crippen LogP contribution < -0.4 is 15.0 Å². The van der Waals surface area contributed by atoms with Gasteiger partial charge in [0.1, 0.15) is 5.82 Å². The fourth-order valence-electron chi connectivity index (χ4n) is 3.00. The summed E-state index contributed by atoms with van der Waals surface area (Å²) < 4.78 is 18.1. The van der Waals surface area contributed by atoms with Crippen molar-refractivity contribution in [1.82, 2.24) is 9.66 Å². The first-order valence-corrected chi connectivity index (χ1v) is 11.1. The molecule has 0 radical (unpaired) electrons. The third kappa shape index (κ3) is 5.53. The van der Waals surface area contributed by atoms with Crippen LogP contribution in [0.25, 0.3) is 10.9 Å². The number of aryl methyl sites for hydroxylation is 1. The van der Waals surface area contributed by atoms with Gasteiger partial charge < -0.3 is 14.2 Å². The molecule has 32 heavy (non-hydrogen) atoms. The fraction of sp³-hybridized carbons (Fsp3) is 0.304. The second-order valence-corrected chi connectivity index (χ2v) is 7.55. The minimum Gasteiger partial charge on any atom is -0.490 e. The number of fused-ring (bicyclic) bond motifs is 1.